The molecule has 0 amide bonds. The van der Waals surface area contributed by atoms with E-state index in [1.165, 1.54) is 14.2 Å². The Hall–Kier alpha value is -1.36. The number of benzene rings is 1. The summed E-state index contributed by atoms with van der Waals surface area (Å²) in [5, 5.41) is 0. The van der Waals surface area contributed by atoms with Gasteiger partial charge in [0.15, 0.2) is 5.78 Å². The van der Waals surface area contributed by atoms with E-state index in [0.29, 0.717) is 17.1 Å². The van der Waals surface area contributed by atoms with Gasteiger partial charge in [-0.05, 0) is 37.8 Å². The smallest absolute Gasteiger partial charge is 0.319 e. The number of hydrogen-bond acceptors (Lipinski definition) is 6. The summed E-state index contributed by atoms with van der Waals surface area (Å²) < 4.78 is 33.2. The zero-order valence-electron chi connectivity index (χ0n) is 14.4. The molecule has 0 bridgehead atoms. The van der Waals surface area contributed by atoms with E-state index in [9.17, 15) is 9.36 Å². The fourth-order valence-electron chi connectivity index (χ4n) is 3.12. The highest BCUT2D eigenvalue weighted by molar-refractivity contribution is 7.33. The predicted molar refractivity (Wildman–Crippen MR) is 91.3 cm³/mol. The van der Waals surface area contributed by atoms with E-state index in [1.54, 1.807) is 25.1 Å². The van der Waals surface area contributed by atoms with Gasteiger partial charge >= 0.3 is 8.25 Å². The van der Waals surface area contributed by atoms with Gasteiger partial charge < -0.3 is 14.0 Å². The highest BCUT2D eigenvalue weighted by Gasteiger charge is 2.36. The predicted octanol–water partition coefficient (Wildman–Crippen LogP) is 3.89. The van der Waals surface area contributed by atoms with Crippen molar-refractivity contribution in [3.05, 3.63) is 23.8 Å². The standard InChI is InChI=1S/C17H25O6P/c1-4-22-24(19)23-17(12-8-5-6-9-12)16(18)15-13(20-2)10-7-11-14(15)21-3/h7,10-12,17,24H,4-6,8-9H2,1-3H3. The molecule has 1 aromatic carbocycles. The Morgan fingerprint density at radius 1 is 1.21 bits per heavy atom. The third-order valence-electron chi connectivity index (χ3n) is 4.25. The minimum absolute atomic E-state index is 0.0292. The highest BCUT2D eigenvalue weighted by Crippen LogP contribution is 2.39. The summed E-state index contributed by atoms with van der Waals surface area (Å²) in [6.45, 7) is 2.02. The molecular formula is C17H25O6P. The molecule has 6 nitrogen and oxygen atoms in total. The maximum atomic E-state index is 13.2. The van der Waals surface area contributed by atoms with Gasteiger partial charge in [0.1, 0.15) is 23.2 Å². The van der Waals surface area contributed by atoms with Gasteiger partial charge in [-0.1, -0.05) is 18.9 Å². The molecule has 0 radical (unpaired) electrons. The molecule has 2 unspecified atom stereocenters. The van der Waals surface area contributed by atoms with E-state index in [2.05, 4.69) is 0 Å². The van der Waals surface area contributed by atoms with Gasteiger partial charge in [0.05, 0.1) is 20.8 Å². The monoisotopic (exact) mass is 356 g/mol. The molecule has 0 spiro atoms. The van der Waals surface area contributed by atoms with E-state index in [-0.39, 0.29) is 18.3 Å². The summed E-state index contributed by atoms with van der Waals surface area (Å²) in [6.07, 6.45) is 3.01. The first kappa shape index (κ1) is 19.0. The van der Waals surface area contributed by atoms with Crippen molar-refractivity contribution in [1.29, 1.82) is 0 Å². The van der Waals surface area contributed by atoms with Crippen molar-refractivity contribution in [3.63, 3.8) is 0 Å². The molecule has 24 heavy (non-hydrogen) atoms. The van der Waals surface area contributed by atoms with Crippen LogP contribution in [0.1, 0.15) is 43.0 Å². The minimum atomic E-state index is -2.72. The van der Waals surface area contributed by atoms with E-state index in [0.717, 1.165) is 25.7 Å². The van der Waals surface area contributed by atoms with E-state index in [4.69, 9.17) is 18.5 Å². The molecule has 1 fully saturated rings. The molecule has 2 rings (SSSR count). The van der Waals surface area contributed by atoms with Crippen molar-refractivity contribution >= 4 is 14.0 Å². The quantitative estimate of drug-likeness (QED) is 0.494. The zero-order chi connectivity index (χ0) is 17.5. The fourth-order valence-corrected chi connectivity index (χ4v) is 3.93. The van der Waals surface area contributed by atoms with Crippen LogP contribution in [0.4, 0.5) is 0 Å². The van der Waals surface area contributed by atoms with E-state index in [1.807, 2.05) is 0 Å². The number of hydrogen-bond donors (Lipinski definition) is 0. The second kappa shape index (κ2) is 9.21. The number of carbonyl (C=O) groups excluding carboxylic acids is 1. The molecule has 0 N–H and O–H groups in total. The second-order valence-corrected chi connectivity index (χ2v) is 6.69. The fraction of sp³-hybridized carbons (Fsp3) is 0.588. The largest absolute Gasteiger partial charge is 0.496 e. The van der Waals surface area contributed by atoms with Crippen LogP contribution in [-0.4, -0.2) is 32.7 Å². The average Bonchev–Trinajstić information content (AvgIpc) is 3.12. The summed E-state index contributed by atoms with van der Waals surface area (Å²) >= 11 is 0. The van der Waals surface area contributed by atoms with Crippen LogP contribution in [0.3, 0.4) is 0 Å². The van der Waals surface area contributed by atoms with Crippen LogP contribution in [0.2, 0.25) is 0 Å². The lowest BCUT2D eigenvalue weighted by molar-refractivity contribution is 0.0641. The SMILES string of the molecule is CCO[PH](=O)OC(C(=O)c1c(OC)cccc1OC)C1CCCC1. The molecule has 0 aliphatic heterocycles. The van der Waals surface area contributed by atoms with Gasteiger partial charge in [0.25, 0.3) is 0 Å². The summed E-state index contributed by atoms with van der Waals surface area (Å²) in [4.78, 5) is 13.2. The Labute approximate surface area is 143 Å². The molecule has 134 valence electrons. The number of ketones is 1. The first-order valence-electron chi connectivity index (χ1n) is 8.21. The number of Topliss-reactive ketones (excluding diaryl/α,β-unsaturated/α-hetero) is 1. The van der Waals surface area contributed by atoms with Gasteiger partial charge in [-0.15, -0.1) is 0 Å². The topological polar surface area (TPSA) is 71.1 Å². The maximum absolute atomic E-state index is 13.2. The lowest BCUT2D eigenvalue weighted by Gasteiger charge is -2.23. The summed E-state index contributed by atoms with van der Waals surface area (Å²) in [7, 11) is 0.282. The van der Waals surface area contributed by atoms with Crippen LogP contribution in [0.5, 0.6) is 11.5 Å². The van der Waals surface area contributed by atoms with E-state index < -0.39 is 14.4 Å². The Kier molecular flexibility index (Phi) is 7.28. The summed E-state index contributed by atoms with van der Waals surface area (Å²) in [6, 6.07) is 5.16. The average molecular weight is 356 g/mol. The van der Waals surface area contributed by atoms with Crippen molar-refractivity contribution in [2.45, 2.75) is 38.7 Å². The van der Waals surface area contributed by atoms with Crippen molar-refractivity contribution in [2.24, 2.45) is 5.92 Å². The van der Waals surface area contributed by atoms with Crippen LogP contribution in [0.25, 0.3) is 0 Å². The van der Waals surface area contributed by atoms with Gasteiger partial charge in [-0.25, -0.2) is 0 Å². The third kappa shape index (κ3) is 4.38. The van der Waals surface area contributed by atoms with Crippen LogP contribution in [0.15, 0.2) is 18.2 Å². The third-order valence-corrected chi connectivity index (χ3v) is 5.22. The highest BCUT2D eigenvalue weighted by atomic mass is 31.1. The zero-order valence-corrected chi connectivity index (χ0v) is 15.4. The molecule has 7 heteroatoms. The first-order valence-corrected chi connectivity index (χ1v) is 9.43. The van der Waals surface area contributed by atoms with Gasteiger partial charge in [0, 0.05) is 0 Å². The van der Waals surface area contributed by atoms with Crippen molar-refractivity contribution < 1.29 is 27.9 Å². The second-order valence-electron chi connectivity index (χ2n) is 5.67. The van der Waals surface area contributed by atoms with Crippen LogP contribution in [0, 0.1) is 5.92 Å². The molecule has 2 atom stereocenters. The summed E-state index contributed by atoms with van der Waals surface area (Å²) in [5.74, 6) is 0.597. The van der Waals surface area contributed by atoms with Gasteiger partial charge in [-0.3, -0.25) is 13.9 Å². The molecule has 1 aliphatic rings. The molecule has 0 aromatic heterocycles. The molecular weight excluding hydrogens is 331 g/mol. The van der Waals surface area contributed by atoms with Gasteiger partial charge in [-0.2, -0.15) is 0 Å². The molecule has 1 aliphatic carbocycles. The summed E-state index contributed by atoms with van der Waals surface area (Å²) in [5.41, 5.74) is 0.325. The molecule has 0 saturated heterocycles. The number of methoxy groups -OCH3 is 2. The Morgan fingerprint density at radius 3 is 2.29 bits per heavy atom. The lowest BCUT2D eigenvalue weighted by Crippen LogP contribution is -2.30. The Morgan fingerprint density at radius 2 is 1.79 bits per heavy atom. The van der Waals surface area contributed by atoms with E-state index >= 15 is 0 Å². The lowest BCUT2D eigenvalue weighted by atomic mass is 9.93. The Balaban J connectivity index is 2.35. The van der Waals surface area contributed by atoms with Crippen LogP contribution < -0.4 is 9.47 Å². The molecule has 1 aromatic rings. The van der Waals surface area contributed by atoms with Crippen molar-refractivity contribution in [1.82, 2.24) is 0 Å². The number of rotatable bonds is 9. The number of carbonyl (C=O) groups is 1. The molecule has 0 heterocycles. The first-order chi connectivity index (χ1) is 11.6. The van der Waals surface area contributed by atoms with Crippen molar-refractivity contribution in [3.8, 4) is 11.5 Å². The van der Waals surface area contributed by atoms with Crippen LogP contribution in [-0.2, 0) is 13.6 Å². The normalized spacial score (nSPS) is 17.5. The van der Waals surface area contributed by atoms with Crippen LogP contribution >= 0.6 is 8.25 Å². The Bertz CT molecular complexity index is 560. The molecule has 1 saturated carbocycles. The number of ether oxygens (including phenoxy) is 2. The van der Waals surface area contributed by atoms with Crippen molar-refractivity contribution in [2.75, 3.05) is 20.8 Å². The maximum Gasteiger partial charge on any atom is 0.319 e. The minimum Gasteiger partial charge on any atom is -0.496 e. The van der Waals surface area contributed by atoms with Gasteiger partial charge in [0.2, 0.25) is 0 Å².